The second-order valence-electron chi connectivity index (χ2n) is 7.82. The van der Waals surface area contributed by atoms with Crippen molar-refractivity contribution >= 4 is 22.8 Å². The summed E-state index contributed by atoms with van der Waals surface area (Å²) >= 11 is 0. The first-order valence-corrected chi connectivity index (χ1v) is 10.9. The third kappa shape index (κ3) is 4.02. The van der Waals surface area contributed by atoms with Crippen molar-refractivity contribution in [3.63, 3.8) is 0 Å². The van der Waals surface area contributed by atoms with E-state index in [1.165, 1.54) is 0 Å². The van der Waals surface area contributed by atoms with Crippen molar-refractivity contribution in [2.45, 2.75) is 0 Å². The first-order valence-electron chi connectivity index (χ1n) is 10.9. The summed E-state index contributed by atoms with van der Waals surface area (Å²) in [4.78, 5) is 30.1. The van der Waals surface area contributed by atoms with Gasteiger partial charge in [0.1, 0.15) is 11.4 Å². The largest absolute Gasteiger partial charge is 0.339 e. The summed E-state index contributed by atoms with van der Waals surface area (Å²) in [6.07, 6.45) is 8.84. The molecule has 6 rings (SSSR count). The smallest absolute Gasteiger partial charge is 0.226 e. The minimum Gasteiger partial charge on any atom is -0.339 e. The lowest BCUT2D eigenvalue weighted by Crippen LogP contribution is -2.47. The molecule has 1 fully saturated rings. The summed E-state index contributed by atoms with van der Waals surface area (Å²) in [6.45, 7) is 3.29. The van der Waals surface area contributed by atoms with Gasteiger partial charge in [0.25, 0.3) is 0 Å². The number of piperazine rings is 1. The van der Waals surface area contributed by atoms with Crippen LogP contribution in [0.3, 0.4) is 0 Å². The number of benzene rings is 1. The highest BCUT2D eigenvalue weighted by Gasteiger charge is 2.21. The number of hydrogen-bond donors (Lipinski definition) is 2. The molecule has 1 saturated heterocycles. The number of aromatic amines is 2. The molecule has 10 heteroatoms. The monoisotopic (exact) mass is 448 g/mol. The van der Waals surface area contributed by atoms with Gasteiger partial charge in [0.2, 0.25) is 11.9 Å². The Hall–Kier alpha value is -4.78. The summed E-state index contributed by atoms with van der Waals surface area (Å²) in [5.41, 5.74) is 3.18. The number of nitrogens with one attached hydrogen (secondary N) is 2. The van der Waals surface area contributed by atoms with Crippen LogP contribution in [0.5, 0.6) is 0 Å². The molecule has 0 aliphatic carbocycles. The maximum Gasteiger partial charge on any atom is 0.226 e. The SMILES string of the molecule is C(#Cc1ccnc(-c2ccnc(N3CCN(c4ncc[nH]4)CC3)n2)n1)c1ccc2[nH]ncc2c1. The molecule has 1 aliphatic heterocycles. The number of rotatable bonds is 3. The Labute approximate surface area is 195 Å². The van der Waals surface area contributed by atoms with Crippen LogP contribution in [-0.4, -0.2) is 66.3 Å². The van der Waals surface area contributed by atoms with Gasteiger partial charge in [-0.1, -0.05) is 5.92 Å². The quantitative estimate of drug-likeness (QED) is 0.404. The van der Waals surface area contributed by atoms with Crippen molar-refractivity contribution in [3.05, 3.63) is 72.6 Å². The van der Waals surface area contributed by atoms with Gasteiger partial charge >= 0.3 is 0 Å². The number of hydrogen-bond acceptors (Lipinski definition) is 8. The molecule has 1 aromatic carbocycles. The number of imidazole rings is 1. The molecule has 4 aromatic heterocycles. The van der Waals surface area contributed by atoms with Gasteiger partial charge in [-0.3, -0.25) is 5.10 Å². The molecule has 10 nitrogen and oxygen atoms in total. The molecule has 0 spiro atoms. The van der Waals surface area contributed by atoms with E-state index in [0.29, 0.717) is 23.2 Å². The summed E-state index contributed by atoms with van der Waals surface area (Å²) in [5, 5.41) is 8.01. The molecule has 34 heavy (non-hydrogen) atoms. The Morgan fingerprint density at radius 3 is 2.59 bits per heavy atom. The lowest BCUT2D eigenvalue weighted by atomic mass is 10.1. The molecule has 2 N–H and O–H groups in total. The molecular formula is C24H20N10. The van der Waals surface area contributed by atoms with Crippen molar-refractivity contribution in [1.29, 1.82) is 0 Å². The standard InChI is InChI=1S/C24H20N10/c1(17-2-4-20-18(15-17)16-29-32-20)3-19-5-7-25-22(30-19)21-6-8-26-24(31-21)34-13-11-33(12-14-34)23-27-9-10-28-23/h2,4-10,15-16H,11-14H2,(H,27,28)(H,29,32). The van der Waals surface area contributed by atoms with Gasteiger partial charge in [-0.2, -0.15) is 5.10 Å². The zero-order chi connectivity index (χ0) is 22.7. The molecule has 0 unspecified atom stereocenters. The van der Waals surface area contributed by atoms with Crippen LogP contribution in [0.2, 0.25) is 0 Å². The topological polar surface area (TPSA) is 115 Å². The van der Waals surface area contributed by atoms with Crippen LogP contribution in [0.15, 0.2) is 61.3 Å². The van der Waals surface area contributed by atoms with Gasteiger partial charge in [-0.15, -0.1) is 0 Å². The molecule has 0 amide bonds. The number of anilines is 2. The van der Waals surface area contributed by atoms with E-state index in [0.717, 1.165) is 48.6 Å². The van der Waals surface area contributed by atoms with E-state index in [4.69, 9.17) is 4.98 Å². The zero-order valence-corrected chi connectivity index (χ0v) is 18.2. The summed E-state index contributed by atoms with van der Waals surface area (Å²) in [6, 6.07) is 9.54. The average molecular weight is 448 g/mol. The maximum absolute atomic E-state index is 4.73. The van der Waals surface area contributed by atoms with Crippen molar-refractivity contribution in [2.24, 2.45) is 0 Å². The Bertz CT molecular complexity index is 1490. The minimum absolute atomic E-state index is 0.523. The summed E-state index contributed by atoms with van der Waals surface area (Å²) in [7, 11) is 0. The van der Waals surface area contributed by atoms with Gasteiger partial charge in [0.05, 0.1) is 11.7 Å². The molecule has 166 valence electrons. The molecule has 1 aliphatic rings. The van der Waals surface area contributed by atoms with Gasteiger partial charge < -0.3 is 14.8 Å². The van der Waals surface area contributed by atoms with Crippen molar-refractivity contribution < 1.29 is 0 Å². The highest BCUT2D eigenvalue weighted by atomic mass is 15.4. The average Bonchev–Trinajstić information content (AvgIpc) is 3.60. The van der Waals surface area contributed by atoms with Crippen LogP contribution in [0.25, 0.3) is 22.4 Å². The second kappa shape index (κ2) is 8.63. The molecule has 0 bridgehead atoms. The third-order valence-corrected chi connectivity index (χ3v) is 5.65. The van der Waals surface area contributed by atoms with Crippen LogP contribution >= 0.6 is 0 Å². The highest BCUT2D eigenvalue weighted by molar-refractivity contribution is 5.79. The van der Waals surface area contributed by atoms with Crippen molar-refractivity contribution in [1.82, 2.24) is 40.1 Å². The van der Waals surface area contributed by atoms with E-state index in [1.807, 2.05) is 30.5 Å². The minimum atomic E-state index is 0.523. The van der Waals surface area contributed by atoms with Crippen LogP contribution in [-0.2, 0) is 0 Å². The fraction of sp³-hybridized carbons (Fsp3) is 0.167. The second-order valence-corrected chi connectivity index (χ2v) is 7.82. The molecule has 0 saturated carbocycles. The Balaban J connectivity index is 1.19. The first-order chi connectivity index (χ1) is 16.8. The lowest BCUT2D eigenvalue weighted by Gasteiger charge is -2.34. The number of nitrogens with zero attached hydrogens (tertiary/aromatic N) is 8. The highest BCUT2D eigenvalue weighted by Crippen LogP contribution is 2.18. The Morgan fingerprint density at radius 2 is 1.71 bits per heavy atom. The van der Waals surface area contributed by atoms with E-state index in [1.54, 1.807) is 30.9 Å². The van der Waals surface area contributed by atoms with Crippen molar-refractivity contribution in [3.8, 4) is 23.4 Å². The van der Waals surface area contributed by atoms with Crippen LogP contribution in [0.4, 0.5) is 11.9 Å². The zero-order valence-electron chi connectivity index (χ0n) is 18.2. The van der Waals surface area contributed by atoms with Crippen molar-refractivity contribution in [2.75, 3.05) is 36.0 Å². The molecule has 0 atom stereocenters. The van der Waals surface area contributed by atoms with E-state index in [-0.39, 0.29) is 0 Å². The van der Waals surface area contributed by atoms with E-state index >= 15 is 0 Å². The van der Waals surface area contributed by atoms with E-state index in [2.05, 4.69) is 56.8 Å². The third-order valence-electron chi connectivity index (χ3n) is 5.65. The number of aromatic nitrogens is 8. The molecular weight excluding hydrogens is 428 g/mol. The Kier molecular flexibility index (Phi) is 5.04. The summed E-state index contributed by atoms with van der Waals surface area (Å²) < 4.78 is 0. The van der Waals surface area contributed by atoms with Gasteiger partial charge in [0, 0.05) is 61.9 Å². The number of fused-ring (bicyclic) bond motifs is 1. The summed E-state index contributed by atoms with van der Waals surface area (Å²) in [5.74, 6) is 8.38. The normalized spacial score (nSPS) is 13.6. The molecule has 5 heterocycles. The maximum atomic E-state index is 4.73. The van der Waals surface area contributed by atoms with Crippen LogP contribution in [0.1, 0.15) is 11.3 Å². The van der Waals surface area contributed by atoms with E-state index in [9.17, 15) is 0 Å². The van der Waals surface area contributed by atoms with Crippen LogP contribution < -0.4 is 9.80 Å². The predicted molar refractivity (Wildman–Crippen MR) is 128 cm³/mol. The molecule has 5 aromatic rings. The first kappa shape index (κ1) is 19.9. The fourth-order valence-electron chi connectivity index (χ4n) is 3.88. The fourth-order valence-corrected chi connectivity index (χ4v) is 3.88. The van der Waals surface area contributed by atoms with Crippen LogP contribution in [0, 0.1) is 11.8 Å². The molecule has 0 radical (unpaired) electrons. The Morgan fingerprint density at radius 1 is 0.824 bits per heavy atom. The van der Waals surface area contributed by atoms with Gasteiger partial charge in [-0.25, -0.2) is 24.9 Å². The lowest BCUT2D eigenvalue weighted by molar-refractivity contribution is 0.630. The number of H-pyrrole nitrogens is 2. The van der Waals surface area contributed by atoms with E-state index < -0.39 is 0 Å². The van der Waals surface area contributed by atoms with Gasteiger partial charge in [0.15, 0.2) is 5.82 Å². The van der Waals surface area contributed by atoms with Gasteiger partial charge in [-0.05, 0) is 36.3 Å². The predicted octanol–water partition coefficient (Wildman–Crippen LogP) is 2.26.